The van der Waals surface area contributed by atoms with Crippen LogP contribution in [0.5, 0.6) is 0 Å². The molecule has 0 saturated carbocycles. The summed E-state index contributed by atoms with van der Waals surface area (Å²) in [6, 6.07) is 0. The Bertz CT molecular complexity index is 56.1. The van der Waals surface area contributed by atoms with Crippen molar-refractivity contribution in [3.8, 4) is 0 Å². The monoisotopic (exact) mass is 187 g/mol. The molecule has 0 aromatic rings. The second-order valence-electron chi connectivity index (χ2n) is 0.692. The number of rotatable bonds is 1. The highest BCUT2D eigenvalue weighted by Crippen LogP contribution is 1.55. The van der Waals surface area contributed by atoms with Crippen LogP contribution >= 0.6 is 0 Å². The van der Waals surface area contributed by atoms with Crippen molar-refractivity contribution < 1.29 is 0 Å². The van der Waals surface area contributed by atoms with Crippen LogP contribution < -0.4 is 0 Å². The van der Waals surface area contributed by atoms with Gasteiger partial charge in [0.15, 0.2) is 0 Å². The molecule has 13 heavy (non-hydrogen) atoms. The minimum Gasteiger partial charge on any atom is -0.309 e. The van der Waals surface area contributed by atoms with E-state index in [9.17, 15) is 0 Å². The maximum absolute atomic E-state index is 6.39. The van der Waals surface area contributed by atoms with Gasteiger partial charge in [-0.1, -0.05) is 47.6 Å². The van der Waals surface area contributed by atoms with Crippen LogP contribution in [0.1, 0.15) is 48.5 Å². The molecular weight excluding hydrogens is 158 g/mol. The molecule has 0 aromatic carbocycles. The van der Waals surface area contributed by atoms with Crippen LogP contribution in [0.2, 0.25) is 0 Å². The number of hydrogen-bond acceptors (Lipinski definition) is 1. The predicted molar refractivity (Wildman–Crippen MR) is 68.9 cm³/mol. The highest BCUT2D eigenvalue weighted by atomic mass is 14.3. The van der Waals surface area contributed by atoms with Crippen molar-refractivity contribution in [3.63, 3.8) is 0 Å². The summed E-state index contributed by atoms with van der Waals surface area (Å²) in [6.07, 6.45) is 4.73. The van der Waals surface area contributed by atoms with Gasteiger partial charge in [-0.25, -0.2) is 0 Å². The van der Waals surface area contributed by atoms with Gasteiger partial charge in [0.05, 0.1) is 0 Å². The Morgan fingerprint density at radius 2 is 1.08 bits per heavy atom. The van der Waals surface area contributed by atoms with Gasteiger partial charge in [-0.3, -0.25) is 0 Å². The summed E-state index contributed by atoms with van der Waals surface area (Å²) in [5.41, 5.74) is 0. The lowest BCUT2D eigenvalue weighted by atomic mass is 10.6. The molecule has 0 unspecified atom stereocenters. The molecule has 1 nitrogen and oxygen atoms in total. The summed E-state index contributed by atoms with van der Waals surface area (Å²) in [6.45, 7) is 19.9. The van der Waals surface area contributed by atoms with E-state index in [0.717, 1.165) is 0 Å². The molecule has 0 fully saturated rings. The Hall–Kier alpha value is -0.850. The molecule has 1 N–H and O–H groups in total. The average Bonchev–Trinajstić information content (AvgIpc) is 2.30. The van der Waals surface area contributed by atoms with Crippen molar-refractivity contribution in [2.45, 2.75) is 48.5 Å². The Morgan fingerprint density at radius 3 is 1.08 bits per heavy atom. The van der Waals surface area contributed by atoms with Gasteiger partial charge in [-0.15, -0.1) is 13.2 Å². The topological polar surface area (TPSA) is 23.9 Å². The molecule has 0 aliphatic carbocycles. The van der Waals surface area contributed by atoms with Gasteiger partial charge in [0, 0.05) is 6.21 Å². The SMILES string of the molecule is C/C=C\C=N.C=C.CC.CC.CC. The normalized spacial score (nSPS) is 5.15. The standard InChI is InChI=1S/C4H7N.3C2H6.C2H4/c1-2-3-4-5;4*1-2/h2-5H,1H3;3*1-2H3;1-2H2/b3-2-,5-4?;;;;. The Morgan fingerprint density at radius 1 is 0.846 bits per heavy atom. The van der Waals surface area contributed by atoms with E-state index in [4.69, 9.17) is 5.41 Å². The van der Waals surface area contributed by atoms with Gasteiger partial charge in [0.2, 0.25) is 0 Å². The number of nitrogens with one attached hydrogen (secondary N) is 1. The fraction of sp³-hybridized carbons (Fsp3) is 0.583. The third kappa shape index (κ3) is 706. The molecule has 0 aliphatic rings. The van der Waals surface area contributed by atoms with Crippen molar-refractivity contribution in [2.24, 2.45) is 0 Å². The first-order valence-electron chi connectivity index (χ1n) is 5.03. The molecule has 0 atom stereocenters. The van der Waals surface area contributed by atoms with Gasteiger partial charge in [-0.2, -0.15) is 0 Å². The van der Waals surface area contributed by atoms with Gasteiger partial charge < -0.3 is 5.41 Å². The van der Waals surface area contributed by atoms with E-state index in [2.05, 4.69) is 13.2 Å². The summed E-state index contributed by atoms with van der Waals surface area (Å²) in [5, 5.41) is 6.39. The minimum absolute atomic E-state index is 1.25. The van der Waals surface area contributed by atoms with Crippen LogP contribution in [0.4, 0.5) is 0 Å². The van der Waals surface area contributed by atoms with Gasteiger partial charge in [0.25, 0.3) is 0 Å². The number of hydrogen-bond donors (Lipinski definition) is 1. The summed E-state index contributed by atoms with van der Waals surface area (Å²) < 4.78 is 0. The third-order valence-electron chi connectivity index (χ3n) is 0.289. The summed E-state index contributed by atoms with van der Waals surface area (Å²) in [4.78, 5) is 0. The highest BCUT2D eigenvalue weighted by Gasteiger charge is 1.43. The van der Waals surface area contributed by atoms with Crippen LogP contribution in [0, 0.1) is 5.41 Å². The molecule has 0 aliphatic heterocycles. The van der Waals surface area contributed by atoms with E-state index in [0.29, 0.717) is 0 Å². The van der Waals surface area contributed by atoms with Crippen LogP contribution in [-0.2, 0) is 0 Å². The molecule has 0 rings (SSSR count). The zero-order chi connectivity index (χ0) is 12.1. The second-order valence-corrected chi connectivity index (χ2v) is 0.692. The fourth-order valence-electron chi connectivity index (χ4n) is 0.0962. The molecule has 0 spiro atoms. The molecule has 1 heteroatoms. The lowest BCUT2D eigenvalue weighted by Crippen LogP contribution is -1.48. The molecule has 0 saturated heterocycles. The van der Waals surface area contributed by atoms with E-state index in [1.807, 2.05) is 54.5 Å². The van der Waals surface area contributed by atoms with Crippen molar-refractivity contribution >= 4 is 6.21 Å². The van der Waals surface area contributed by atoms with E-state index < -0.39 is 0 Å². The van der Waals surface area contributed by atoms with Crippen molar-refractivity contribution in [3.05, 3.63) is 25.3 Å². The highest BCUT2D eigenvalue weighted by molar-refractivity contribution is 5.67. The number of allylic oxidation sites excluding steroid dienone is 2. The van der Waals surface area contributed by atoms with Gasteiger partial charge in [0.1, 0.15) is 0 Å². The zero-order valence-corrected chi connectivity index (χ0v) is 10.6. The zero-order valence-electron chi connectivity index (χ0n) is 10.6. The summed E-state index contributed by atoms with van der Waals surface area (Å²) in [5.74, 6) is 0. The van der Waals surface area contributed by atoms with Crippen LogP contribution in [0.15, 0.2) is 25.3 Å². The summed E-state index contributed by atoms with van der Waals surface area (Å²) >= 11 is 0. The van der Waals surface area contributed by atoms with E-state index in [1.54, 1.807) is 6.08 Å². The smallest absolute Gasteiger partial charge is 0.0174 e. The molecule has 82 valence electrons. The molecule has 0 radical (unpaired) electrons. The van der Waals surface area contributed by atoms with Gasteiger partial charge in [-0.05, 0) is 13.0 Å². The Balaban J connectivity index is -0.0000000230. The quantitative estimate of drug-likeness (QED) is 0.436. The lowest BCUT2D eigenvalue weighted by molar-refractivity contribution is 1.50. The molecule has 0 aromatic heterocycles. The van der Waals surface area contributed by atoms with E-state index >= 15 is 0 Å². The van der Waals surface area contributed by atoms with Crippen molar-refractivity contribution in [1.29, 1.82) is 5.41 Å². The molecule has 0 bridgehead atoms. The largest absolute Gasteiger partial charge is 0.309 e. The Labute approximate surface area is 86.1 Å². The third-order valence-corrected chi connectivity index (χ3v) is 0.289. The average molecular weight is 187 g/mol. The fourth-order valence-corrected chi connectivity index (χ4v) is 0.0962. The molecule has 0 heterocycles. The summed E-state index contributed by atoms with van der Waals surface area (Å²) in [7, 11) is 0. The van der Waals surface area contributed by atoms with Crippen LogP contribution in [0.25, 0.3) is 0 Å². The van der Waals surface area contributed by atoms with Crippen LogP contribution in [0.3, 0.4) is 0 Å². The minimum atomic E-state index is 1.25. The molecule has 0 amide bonds. The predicted octanol–water partition coefficient (Wildman–Crippen LogP) is 5.09. The van der Waals surface area contributed by atoms with E-state index in [-0.39, 0.29) is 0 Å². The van der Waals surface area contributed by atoms with E-state index in [1.165, 1.54) is 6.21 Å². The maximum atomic E-state index is 6.39. The first-order valence-corrected chi connectivity index (χ1v) is 5.03. The first-order chi connectivity index (χ1) is 6.41. The first kappa shape index (κ1) is 29.5. The lowest BCUT2D eigenvalue weighted by Gasteiger charge is -1.54. The maximum Gasteiger partial charge on any atom is 0.0174 e. The molecular formula is C12H29N. The van der Waals surface area contributed by atoms with Gasteiger partial charge >= 0.3 is 0 Å². The van der Waals surface area contributed by atoms with Crippen LogP contribution in [-0.4, -0.2) is 6.21 Å². The van der Waals surface area contributed by atoms with Crippen molar-refractivity contribution in [1.82, 2.24) is 0 Å². The van der Waals surface area contributed by atoms with Crippen molar-refractivity contribution in [2.75, 3.05) is 0 Å². The Kier molecular flexibility index (Phi) is 565. The second kappa shape index (κ2) is 249.